The molecule has 0 radical (unpaired) electrons. The van der Waals surface area contributed by atoms with Crippen LogP contribution in [0.15, 0.2) is 0 Å². The predicted molar refractivity (Wildman–Crippen MR) is 68.4 cm³/mol. The lowest BCUT2D eigenvalue weighted by Gasteiger charge is -2.43. The van der Waals surface area contributed by atoms with Crippen molar-refractivity contribution in [2.75, 3.05) is 32.8 Å². The van der Waals surface area contributed by atoms with Crippen LogP contribution in [0.2, 0.25) is 0 Å². The zero-order chi connectivity index (χ0) is 13.0. The number of carboxylic acids is 1. The van der Waals surface area contributed by atoms with Gasteiger partial charge in [-0.05, 0) is 38.3 Å². The summed E-state index contributed by atoms with van der Waals surface area (Å²) in [6.45, 7) is 4.03. The first kappa shape index (κ1) is 13.8. The largest absolute Gasteiger partial charge is 0.481 e. The lowest BCUT2D eigenvalue weighted by atomic mass is 9.88. The topological polar surface area (TPSA) is 72.8 Å². The fourth-order valence-corrected chi connectivity index (χ4v) is 3.39. The molecule has 0 spiro atoms. The third-order valence-corrected chi connectivity index (χ3v) is 4.28. The van der Waals surface area contributed by atoms with E-state index < -0.39 is 5.97 Å². The van der Waals surface area contributed by atoms with Crippen molar-refractivity contribution in [1.29, 1.82) is 0 Å². The molecule has 2 aliphatic rings. The van der Waals surface area contributed by atoms with Gasteiger partial charge < -0.3 is 15.5 Å². The summed E-state index contributed by atoms with van der Waals surface area (Å²) in [7, 11) is 0. The van der Waals surface area contributed by atoms with E-state index in [9.17, 15) is 9.90 Å². The second kappa shape index (κ2) is 6.50. The van der Waals surface area contributed by atoms with Crippen LogP contribution in [-0.2, 0) is 4.79 Å². The van der Waals surface area contributed by atoms with E-state index in [-0.39, 0.29) is 18.9 Å². The van der Waals surface area contributed by atoms with Gasteiger partial charge in [0.1, 0.15) is 0 Å². The minimum Gasteiger partial charge on any atom is -0.481 e. The van der Waals surface area contributed by atoms with Gasteiger partial charge in [-0.15, -0.1) is 0 Å². The molecule has 2 heterocycles. The molecule has 0 aromatic carbocycles. The molecule has 0 saturated carbocycles. The summed E-state index contributed by atoms with van der Waals surface area (Å²) in [5.74, 6) is -0.112. The summed E-state index contributed by atoms with van der Waals surface area (Å²) in [4.78, 5) is 13.2. The molecule has 3 unspecified atom stereocenters. The highest BCUT2D eigenvalue weighted by molar-refractivity contribution is 5.67. The Bertz CT molecular complexity index is 285. The van der Waals surface area contributed by atoms with Crippen molar-refractivity contribution in [3.05, 3.63) is 0 Å². The van der Waals surface area contributed by atoms with E-state index in [2.05, 4.69) is 10.2 Å². The first-order chi connectivity index (χ1) is 8.70. The van der Waals surface area contributed by atoms with E-state index in [0.717, 1.165) is 45.4 Å². The number of likely N-dealkylation sites (tertiary alicyclic amines) is 1. The van der Waals surface area contributed by atoms with Gasteiger partial charge >= 0.3 is 5.97 Å². The maximum atomic E-state index is 10.8. The smallest absolute Gasteiger partial charge is 0.303 e. The lowest BCUT2D eigenvalue weighted by Crippen LogP contribution is -2.53. The number of carboxylic acid groups (broad SMARTS) is 1. The Morgan fingerprint density at radius 2 is 2.22 bits per heavy atom. The van der Waals surface area contributed by atoms with Gasteiger partial charge in [-0.2, -0.15) is 0 Å². The number of hydrogen-bond acceptors (Lipinski definition) is 4. The summed E-state index contributed by atoms with van der Waals surface area (Å²) in [6.07, 6.45) is 3.45. The van der Waals surface area contributed by atoms with Crippen LogP contribution in [0, 0.1) is 11.8 Å². The maximum absolute atomic E-state index is 10.8. The standard InChI is InChI=1S/C13H24N2O3/c16-9-11-7-14-4-3-12(11)15-5-1-2-10(8-15)6-13(17)18/h10-12,14,16H,1-9H2,(H,17,18). The second-order valence-corrected chi connectivity index (χ2v) is 5.60. The Morgan fingerprint density at radius 1 is 1.39 bits per heavy atom. The van der Waals surface area contributed by atoms with Crippen molar-refractivity contribution in [2.45, 2.75) is 31.7 Å². The third-order valence-electron chi connectivity index (χ3n) is 4.28. The molecule has 3 N–H and O–H groups in total. The Balaban J connectivity index is 1.92. The molecule has 5 nitrogen and oxygen atoms in total. The van der Waals surface area contributed by atoms with Gasteiger partial charge in [-0.3, -0.25) is 9.69 Å². The van der Waals surface area contributed by atoms with Crippen LogP contribution in [0.3, 0.4) is 0 Å². The zero-order valence-electron chi connectivity index (χ0n) is 10.8. The van der Waals surface area contributed by atoms with Crippen LogP contribution in [0.1, 0.15) is 25.7 Å². The van der Waals surface area contributed by atoms with Crippen molar-refractivity contribution < 1.29 is 15.0 Å². The molecule has 2 fully saturated rings. The van der Waals surface area contributed by atoms with Crippen LogP contribution >= 0.6 is 0 Å². The molecule has 0 amide bonds. The SMILES string of the molecule is O=C(O)CC1CCCN(C2CCNCC2CO)C1. The average molecular weight is 256 g/mol. The fraction of sp³-hybridized carbons (Fsp3) is 0.923. The highest BCUT2D eigenvalue weighted by Gasteiger charge is 2.33. The van der Waals surface area contributed by atoms with Gasteiger partial charge in [0.2, 0.25) is 0 Å². The van der Waals surface area contributed by atoms with Gasteiger partial charge in [0.15, 0.2) is 0 Å². The summed E-state index contributed by atoms with van der Waals surface area (Å²) in [5, 5.41) is 21.7. The Morgan fingerprint density at radius 3 is 2.94 bits per heavy atom. The first-order valence-corrected chi connectivity index (χ1v) is 6.98. The van der Waals surface area contributed by atoms with Crippen LogP contribution < -0.4 is 5.32 Å². The number of hydrogen-bond donors (Lipinski definition) is 3. The Labute approximate surface area is 108 Å². The summed E-state index contributed by atoms with van der Waals surface area (Å²) in [5.41, 5.74) is 0. The minimum absolute atomic E-state index is 0.220. The van der Waals surface area contributed by atoms with Crippen LogP contribution in [0.25, 0.3) is 0 Å². The minimum atomic E-state index is -0.689. The Kier molecular flexibility index (Phi) is 4.97. The number of piperidine rings is 2. The van der Waals surface area contributed by atoms with Gasteiger partial charge in [0, 0.05) is 38.1 Å². The second-order valence-electron chi connectivity index (χ2n) is 5.60. The highest BCUT2D eigenvalue weighted by Crippen LogP contribution is 2.26. The number of carbonyl (C=O) groups is 1. The molecule has 18 heavy (non-hydrogen) atoms. The van der Waals surface area contributed by atoms with Gasteiger partial charge in [-0.25, -0.2) is 0 Å². The van der Waals surface area contributed by atoms with Crippen molar-refractivity contribution in [2.24, 2.45) is 11.8 Å². The third kappa shape index (κ3) is 3.43. The van der Waals surface area contributed by atoms with E-state index in [0.29, 0.717) is 12.0 Å². The molecule has 3 atom stereocenters. The number of rotatable bonds is 4. The van der Waals surface area contributed by atoms with Crippen LogP contribution in [0.4, 0.5) is 0 Å². The lowest BCUT2D eigenvalue weighted by molar-refractivity contribution is -0.138. The highest BCUT2D eigenvalue weighted by atomic mass is 16.4. The number of aliphatic carboxylic acids is 1. The number of aliphatic hydroxyl groups excluding tert-OH is 1. The van der Waals surface area contributed by atoms with Crippen molar-refractivity contribution in [3.63, 3.8) is 0 Å². The summed E-state index contributed by atoms with van der Waals surface area (Å²) in [6, 6.07) is 0.424. The molecule has 5 heteroatoms. The van der Waals surface area contributed by atoms with Crippen LogP contribution in [-0.4, -0.2) is 59.9 Å². The number of nitrogens with one attached hydrogen (secondary N) is 1. The van der Waals surface area contributed by atoms with Gasteiger partial charge in [0.05, 0.1) is 0 Å². The van der Waals surface area contributed by atoms with E-state index in [1.807, 2.05) is 0 Å². The molecule has 0 aromatic heterocycles. The van der Waals surface area contributed by atoms with Crippen LogP contribution in [0.5, 0.6) is 0 Å². The van der Waals surface area contributed by atoms with Crippen molar-refractivity contribution in [3.8, 4) is 0 Å². The monoisotopic (exact) mass is 256 g/mol. The maximum Gasteiger partial charge on any atom is 0.303 e. The normalized spacial score (nSPS) is 34.4. The zero-order valence-corrected chi connectivity index (χ0v) is 10.8. The molecule has 0 bridgehead atoms. The van der Waals surface area contributed by atoms with E-state index >= 15 is 0 Å². The van der Waals surface area contributed by atoms with Gasteiger partial charge in [-0.1, -0.05) is 0 Å². The first-order valence-electron chi connectivity index (χ1n) is 6.98. The van der Waals surface area contributed by atoms with E-state index in [4.69, 9.17) is 5.11 Å². The molecule has 2 aliphatic heterocycles. The molecule has 0 aliphatic carbocycles. The molecular weight excluding hydrogens is 232 g/mol. The molecule has 2 rings (SSSR count). The molecular formula is C13H24N2O3. The molecule has 2 saturated heterocycles. The summed E-state index contributed by atoms with van der Waals surface area (Å²) < 4.78 is 0. The van der Waals surface area contributed by atoms with Crippen molar-refractivity contribution >= 4 is 5.97 Å². The number of nitrogens with zero attached hydrogens (tertiary/aromatic N) is 1. The molecule has 0 aromatic rings. The van der Waals surface area contributed by atoms with E-state index in [1.165, 1.54) is 0 Å². The van der Waals surface area contributed by atoms with Gasteiger partial charge in [0.25, 0.3) is 0 Å². The summed E-state index contributed by atoms with van der Waals surface area (Å²) >= 11 is 0. The number of aliphatic hydroxyl groups is 1. The predicted octanol–water partition coefficient (Wildman–Crippen LogP) is 0.144. The molecule has 104 valence electrons. The fourth-order valence-electron chi connectivity index (χ4n) is 3.39. The average Bonchev–Trinajstić information content (AvgIpc) is 2.38. The van der Waals surface area contributed by atoms with E-state index in [1.54, 1.807) is 0 Å². The quantitative estimate of drug-likeness (QED) is 0.667. The Hall–Kier alpha value is -0.650. The van der Waals surface area contributed by atoms with Crippen molar-refractivity contribution in [1.82, 2.24) is 10.2 Å².